The Bertz CT molecular complexity index is 884. The number of alkyl carbamates (subject to hydrolysis) is 1. The summed E-state index contributed by atoms with van der Waals surface area (Å²) in [7, 11) is 1.24. The molecule has 1 N–H and O–H groups in total. The number of nitrogens with one attached hydrogen (secondary N) is 1. The van der Waals surface area contributed by atoms with Crippen LogP contribution in [0.5, 0.6) is 0 Å². The summed E-state index contributed by atoms with van der Waals surface area (Å²) in [5.74, 6) is -0.920. The Kier molecular flexibility index (Phi) is 6.54. The zero-order valence-electron chi connectivity index (χ0n) is 16.0. The maximum atomic E-state index is 12.8. The van der Waals surface area contributed by atoms with E-state index in [1.165, 1.54) is 7.11 Å². The number of hydrogen-bond donors (Lipinski definition) is 1. The van der Waals surface area contributed by atoms with Crippen molar-refractivity contribution in [2.45, 2.75) is 31.9 Å². The Labute approximate surface area is 174 Å². The lowest BCUT2D eigenvalue weighted by molar-refractivity contribution is -0.158. The van der Waals surface area contributed by atoms with E-state index in [0.717, 1.165) is 5.56 Å². The van der Waals surface area contributed by atoms with Crippen LogP contribution in [0.15, 0.2) is 54.6 Å². The molecule has 0 aromatic heterocycles. The average Bonchev–Trinajstić information content (AvgIpc) is 3.13. The molecule has 1 amide bonds. The molecule has 0 heterocycles. The lowest BCUT2D eigenvalue weighted by atomic mass is 9.74. The molecule has 2 aromatic rings. The van der Waals surface area contributed by atoms with Crippen LogP contribution in [-0.2, 0) is 25.7 Å². The molecule has 0 radical (unpaired) electrons. The summed E-state index contributed by atoms with van der Waals surface area (Å²) in [5, 5.41) is 3.23. The predicted molar refractivity (Wildman–Crippen MR) is 107 cm³/mol. The summed E-state index contributed by atoms with van der Waals surface area (Å²) in [5.41, 5.74) is -0.0917. The van der Waals surface area contributed by atoms with Gasteiger partial charge in [0.05, 0.1) is 13.2 Å². The van der Waals surface area contributed by atoms with E-state index in [2.05, 4.69) is 5.32 Å². The molecule has 0 unspecified atom stereocenters. The molecule has 1 aliphatic rings. The zero-order chi connectivity index (χ0) is 20.9. The first-order valence-corrected chi connectivity index (χ1v) is 9.69. The van der Waals surface area contributed by atoms with Gasteiger partial charge in [0.1, 0.15) is 6.61 Å². The molecule has 0 spiro atoms. The second kappa shape index (κ2) is 9.09. The van der Waals surface area contributed by atoms with Crippen LogP contribution in [0.2, 0.25) is 5.02 Å². The first kappa shape index (κ1) is 20.9. The average molecular weight is 416 g/mol. The van der Waals surface area contributed by atoms with Gasteiger partial charge in [0.25, 0.3) is 0 Å². The van der Waals surface area contributed by atoms with E-state index in [4.69, 9.17) is 21.1 Å². The number of rotatable bonds is 6. The minimum absolute atomic E-state index is 0.0686. The first-order valence-electron chi connectivity index (χ1n) is 9.32. The highest BCUT2D eigenvalue weighted by Gasteiger charge is 2.56. The summed E-state index contributed by atoms with van der Waals surface area (Å²) in [4.78, 5) is 38.1. The van der Waals surface area contributed by atoms with Crippen molar-refractivity contribution in [3.05, 3.63) is 70.7 Å². The molecule has 29 heavy (non-hydrogen) atoms. The number of hydrogen-bond acceptors (Lipinski definition) is 5. The number of halogens is 1. The minimum atomic E-state index is -1.49. The number of ketones is 1. The molecule has 0 saturated heterocycles. The highest BCUT2D eigenvalue weighted by atomic mass is 35.5. The van der Waals surface area contributed by atoms with Gasteiger partial charge >= 0.3 is 12.1 Å². The molecule has 1 aliphatic carbocycles. The third-order valence-corrected chi connectivity index (χ3v) is 5.45. The predicted octanol–water partition coefficient (Wildman–Crippen LogP) is 4.22. The summed E-state index contributed by atoms with van der Waals surface area (Å²) < 4.78 is 10.3. The third-order valence-electron chi connectivity index (χ3n) is 5.19. The Morgan fingerprint density at radius 1 is 1.14 bits per heavy atom. The second-order valence-electron chi connectivity index (χ2n) is 6.93. The zero-order valence-corrected chi connectivity index (χ0v) is 16.8. The maximum absolute atomic E-state index is 12.8. The summed E-state index contributed by atoms with van der Waals surface area (Å²) in [6.07, 6.45) is 0.348. The van der Waals surface area contributed by atoms with E-state index >= 15 is 0 Å². The van der Waals surface area contributed by atoms with Crippen molar-refractivity contribution >= 4 is 29.4 Å². The van der Waals surface area contributed by atoms with Crippen LogP contribution in [0.4, 0.5) is 4.79 Å². The molecule has 6 nitrogen and oxygen atoms in total. The van der Waals surface area contributed by atoms with Gasteiger partial charge in [-0.1, -0.05) is 54.1 Å². The van der Waals surface area contributed by atoms with Crippen molar-refractivity contribution < 1.29 is 23.9 Å². The molecule has 1 fully saturated rings. The van der Waals surface area contributed by atoms with Gasteiger partial charge in [-0.05, 0) is 36.1 Å². The minimum Gasteiger partial charge on any atom is -0.468 e. The van der Waals surface area contributed by atoms with Gasteiger partial charge in [0, 0.05) is 11.4 Å². The van der Waals surface area contributed by atoms with Gasteiger partial charge in [-0.15, -0.1) is 0 Å². The highest BCUT2D eigenvalue weighted by Crippen LogP contribution is 2.46. The molecule has 0 aliphatic heterocycles. The van der Waals surface area contributed by atoms with Crippen LogP contribution < -0.4 is 5.32 Å². The Morgan fingerprint density at radius 3 is 2.41 bits per heavy atom. The van der Waals surface area contributed by atoms with E-state index in [-0.39, 0.29) is 25.2 Å². The van der Waals surface area contributed by atoms with E-state index in [9.17, 15) is 14.4 Å². The number of carbonyl (C=O) groups excluding carboxylic acids is 3. The van der Waals surface area contributed by atoms with E-state index in [1.807, 2.05) is 30.3 Å². The molecule has 7 heteroatoms. The van der Waals surface area contributed by atoms with Crippen molar-refractivity contribution in [2.75, 3.05) is 7.11 Å². The van der Waals surface area contributed by atoms with Gasteiger partial charge in [-0.2, -0.15) is 0 Å². The number of benzene rings is 2. The van der Waals surface area contributed by atoms with Crippen LogP contribution in [0, 0.1) is 5.41 Å². The molecule has 3 rings (SSSR count). The van der Waals surface area contributed by atoms with E-state index in [1.54, 1.807) is 24.3 Å². The summed E-state index contributed by atoms with van der Waals surface area (Å²) >= 11 is 5.98. The van der Waals surface area contributed by atoms with Crippen LogP contribution in [0.25, 0.3) is 0 Å². The fraction of sp³-hybridized carbons (Fsp3) is 0.318. The Morgan fingerprint density at radius 2 is 1.83 bits per heavy atom. The monoisotopic (exact) mass is 415 g/mol. The number of Topliss-reactive ketones (excluding diaryl/α,β-unsaturated/α-hetero) is 1. The van der Waals surface area contributed by atoms with Gasteiger partial charge in [-0.3, -0.25) is 9.59 Å². The summed E-state index contributed by atoms with van der Waals surface area (Å²) in [6, 6.07) is 14.9. The lowest BCUT2D eigenvalue weighted by Crippen LogP contribution is -2.49. The van der Waals surface area contributed by atoms with E-state index in [0.29, 0.717) is 17.0 Å². The molecule has 1 saturated carbocycles. The molecule has 2 aromatic carbocycles. The fourth-order valence-electron chi connectivity index (χ4n) is 3.74. The molecule has 0 bridgehead atoms. The molecular formula is C22H22ClNO5. The van der Waals surface area contributed by atoms with Crippen LogP contribution in [0.3, 0.4) is 0 Å². The van der Waals surface area contributed by atoms with Gasteiger partial charge in [0.15, 0.2) is 11.2 Å². The molecule has 152 valence electrons. The SMILES string of the molecule is COC(=O)[C@]1([C@H](NC(=O)OCc2ccccc2)c2ccc(Cl)cc2)CCCC1=O. The van der Waals surface area contributed by atoms with Crippen molar-refractivity contribution in [1.29, 1.82) is 0 Å². The number of methoxy groups -OCH3 is 1. The number of amides is 1. The molecule has 2 atom stereocenters. The van der Waals surface area contributed by atoms with Crippen LogP contribution >= 0.6 is 11.6 Å². The summed E-state index contributed by atoms with van der Waals surface area (Å²) in [6.45, 7) is 0.0686. The number of esters is 1. The van der Waals surface area contributed by atoms with Crippen LogP contribution in [-0.4, -0.2) is 25.0 Å². The smallest absolute Gasteiger partial charge is 0.407 e. The van der Waals surface area contributed by atoms with Gasteiger partial charge < -0.3 is 14.8 Å². The Balaban J connectivity index is 1.88. The van der Waals surface area contributed by atoms with Crippen molar-refractivity contribution in [3.8, 4) is 0 Å². The highest BCUT2D eigenvalue weighted by molar-refractivity contribution is 6.30. The van der Waals surface area contributed by atoms with Crippen molar-refractivity contribution in [2.24, 2.45) is 5.41 Å². The maximum Gasteiger partial charge on any atom is 0.407 e. The van der Waals surface area contributed by atoms with Crippen LogP contribution in [0.1, 0.15) is 36.4 Å². The van der Waals surface area contributed by atoms with Gasteiger partial charge in [0.2, 0.25) is 0 Å². The second-order valence-corrected chi connectivity index (χ2v) is 7.37. The molecular weight excluding hydrogens is 394 g/mol. The van der Waals surface area contributed by atoms with Gasteiger partial charge in [-0.25, -0.2) is 4.79 Å². The quantitative estimate of drug-likeness (QED) is 0.564. The number of carbonyl (C=O) groups is 3. The standard InChI is InChI=1S/C22H22ClNO5/c1-28-20(26)22(13-5-8-18(22)25)19(16-9-11-17(23)12-10-16)24-21(27)29-14-15-6-3-2-4-7-15/h2-4,6-7,9-12,19H,5,8,13-14H2,1H3,(H,24,27)/t19-,22-/m1/s1. The third kappa shape index (κ3) is 4.43. The van der Waals surface area contributed by atoms with Crippen molar-refractivity contribution in [3.63, 3.8) is 0 Å². The first-order chi connectivity index (χ1) is 14.0. The van der Waals surface area contributed by atoms with Crippen molar-refractivity contribution in [1.82, 2.24) is 5.32 Å². The largest absolute Gasteiger partial charge is 0.468 e. The lowest BCUT2D eigenvalue weighted by Gasteiger charge is -2.34. The topological polar surface area (TPSA) is 81.7 Å². The Hall–Kier alpha value is -2.86. The number of ether oxygens (including phenoxy) is 2. The normalized spacial score (nSPS) is 19.4. The van der Waals surface area contributed by atoms with E-state index < -0.39 is 23.5 Å². The fourth-order valence-corrected chi connectivity index (χ4v) is 3.87.